The molecule has 1 aromatic carbocycles. The largest absolute Gasteiger partial charge is 0.497 e. The molecule has 5 nitrogen and oxygen atoms in total. The molecule has 0 saturated carbocycles. The number of nitrogens with one attached hydrogen (secondary N) is 1. The SMILES string of the molecule is COC1=CC(=CC2OC(=O)NC2c2cccc(C#Cc3ccccc3F)n2)CC=C1. The molecule has 1 aliphatic heterocycles. The second kappa shape index (κ2) is 8.66. The number of halogens is 1. The lowest BCUT2D eigenvalue weighted by Crippen LogP contribution is -2.23. The molecular formula is C24H19FN2O3. The molecule has 2 atom stereocenters. The second-order valence-electron chi connectivity index (χ2n) is 6.77. The van der Waals surface area contributed by atoms with Crippen molar-refractivity contribution < 1.29 is 18.7 Å². The third-order valence-electron chi connectivity index (χ3n) is 4.71. The maximum Gasteiger partial charge on any atom is 0.408 e. The number of aromatic nitrogens is 1. The Kier molecular flexibility index (Phi) is 5.62. The summed E-state index contributed by atoms with van der Waals surface area (Å²) in [5.41, 5.74) is 2.38. The van der Waals surface area contributed by atoms with Crippen molar-refractivity contribution in [3.63, 3.8) is 0 Å². The number of rotatable bonds is 3. The van der Waals surface area contributed by atoms with Crippen molar-refractivity contribution in [1.29, 1.82) is 0 Å². The quantitative estimate of drug-likeness (QED) is 0.783. The zero-order valence-corrected chi connectivity index (χ0v) is 16.3. The maximum absolute atomic E-state index is 13.8. The van der Waals surface area contributed by atoms with E-state index >= 15 is 0 Å². The number of hydrogen-bond donors (Lipinski definition) is 1. The molecule has 1 saturated heterocycles. The first kappa shape index (κ1) is 19.5. The molecule has 2 unspecified atom stereocenters. The van der Waals surface area contributed by atoms with Gasteiger partial charge in [0.1, 0.15) is 29.4 Å². The van der Waals surface area contributed by atoms with Gasteiger partial charge in [-0.05, 0) is 60.4 Å². The number of alkyl carbamates (subject to hydrolysis) is 1. The Morgan fingerprint density at radius 3 is 2.93 bits per heavy atom. The third kappa shape index (κ3) is 4.41. The van der Waals surface area contributed by atoms with Gasteiger partial charge in [0, 0.05) is 0 Å². The fraction of sp³-hybridized carbons (Fsp3) is 0.167. The number of pyridine rings is 1. The summed E-state index contributed by atoms with van der Waals surface area (Å²) in [4.78, 5) is 16.5. The molecule has 2 aliphatic rings. The molecule has 150 valence electrons. The highest BCUT2D eigenvalue weighted by Gasteiger charge is 2.35. The van der Waals surface area contributed by atoms with E-state index in [-0.39, 0.29) is 5.82 Å². The zero-order valence-electron chi connectivity index (χ0n) is 16.3. The second-order valence-corrected chi connectivity index (χ2v) is 6.77. The molecule has 1 N–H and O–H groups in total. The fourth-order valence-electron chi connectivity index (χ4n) is 3.25. The van der Waals surface area contributed by atoms with E-state index in [1.165, 1.54) is 6.07 Å². The van der Waals surface area contributed by atoms with E-state index in [4.69, 9.17) is 9.47 Å². The average molecular weight is 402 g/mol. The average Bonchev–Trinajstić information content (AvgIpc) is 3.13. The van der Waals surface area contributed by atoms with Crippen LogP contribution in [-0.4, -0.2) is 24.3 Å². The Bertz CT molecular complexity index is 1120. The summed E-state index contributed by atoms with van der Waals surface area (Å²) in [6, 6.07) is 11.2. The molecule has 1 amide bonds. The Morgan fingerprint density at radius 2 is 2.10 bits per heavy atom. The van der Waals surface area contributed by atoms with Crippen LogP contribution in [0.4, 0.5) is 9.18 Å². The number of carbonyl (C=O) groups is 1. The van der Waals surface area contributed by atoms with Crippen LogP contribution in [-0.2, 0) is 9.47 Å². The highest BCUT2D eigenvalue weighted by Crippen LogP contribution is 2.27. The van der Waals surface area contributed by atoms with Crippen molar-refractivity contribution in [2.24, 2.45) is 0 Å². The van der Waals surface area contributed by atoms with E-state index in [9.17, 15) is 9.18 Å². The normalized spacial score (nSPS) is 21.3. The first-order valence-electron chi connectivity index (χ1n) is 9.46. The molecule has 1 aromatic heterocycles. The molecule has 0 bridgehead atoms. The van der Waals surface area contributed by atoms with Gasteiger partial charge in [-0.15, -0.1) is 0 Å². The third-order valence-corrected chi connectivity index (χ3v) is 4.71. The monoisotopic (exact) mass is 402 g/mol. The standard InChI is InChI=1S/C24H19FN2O3/c1-29-19-9-4-6-16(14-19)15-22-23(27-24(28)30-22)21-11-5-8-18(26-21)13-12-17-7-2-3-10-20(17)25/h2-5,7-11,14-15,22-23H,6H2,1H3,(H,27,28). The highest BCUT2D eigenvalue weighted by atomic mass is 19.1. The lowest BCUT2D eigenvalue weighted by atomic mass is 10.0. The number of carbonyl (C=O) groups excluding carboxylic acids is 1. The summed E-state index contributed by atoms with van der Waals surface area (Å²) in [5, 5.41) is 2.80. The van der Waals surface area contributed by atoms with Crippen LogP contribution in [0, 0.1) is 17.7 Å². The van der Waals surface area contributed by atoms with Crippen LogP contribution >= 0.6 is 0 Å². The summed E-state index contributed by atoms with van der Waals surface area (Å²) in [6.07, 6.45) is 7.38. The predicted molar refractivity (Wildman–Crippen MR) is 110 cm³/mol. The summed E-state index contributed by atoms with van der Waals surface area (Å²) in [7, 11) is 1.61. The summed E-state index contributed by atoms with van der Waals surface area (Å²) in [6.45, 7) is 0. The first-order chi connectivity index (χ1) is 14.6. The lowest BCUT2D eigenvalue weighted by Gasteiger charge is -2.16. The molecular weight excluding hydrogens is 383 g/mol. The van der Waals surface area contributed by atoms with Crippen LogP contribution in [0.1, 0.15) is 29.4 Å². The summed E-state index contributed by atoms with van der Waals surface area (Å²) >= 11 is 0. The minimum absolute atomic E-state index is 0.302. The molecule has 0 spiro atoms. The van der Waals surface area contributed by atoms with Crippen LogP contribution in [0.5, 0.6) is 0 Å². The van der Waals surface area contributed by atoms with Crippen LogP contribution in [0.25, 0.3) is 0 Å². The van der Waals surface area contributed by atoms with E-state index < -0.39 is 18.2 Å². The van der Waals surface area contributed by atoms with Gasteiger partial charge in [0.2, 0.25) is 0 Å². The number of hydrogen-bond acceptors (Lipinski definition) is 4. The Hall–Kier alpha value is -3.85. The minimum Gasteiger partial charge on any atom is -0.497 e. The molecule has 1 aliphatic carbocycles. The van der Waals surface area contributed by atoms with Crippen LogP contribution in [0.3, 0.4) is 0 Å². The van der Waals surface area contributed by atoms with E-state index in [0.29, 0.717) is 17.0 Å². The van der Waals surface area contributed by atoms with Crippen molar-refractivity contribution >= 4 is 6.09 Å². The van der Waals surface area contributed by atoms with Gasteiger partial charge in [0.15, 0.2) is 0 Å². The topological polar surface area (TPSA) is 60.5 Å². The zero-order chi connectivity index (χ0) is 20.9. The Balaban J connectivity index is 1.59. The van der Waals surface area contributed by atoms with Crippen LogP contribution in [0.2, 0.25) is 0 Å². The summed E-state index contributed by atoms with van der Waals surface area (Å²) < 4.78 is 24.5. The van der Waals surface area contributed by atoms with E-state index in [2.05, 4.69) is 22.1 Å². The molecule has 0 radical (unpaired) electrons. The molecule has 2 aromatic rings. The molecule has 30 heavy (non-hydrogen) atoms. The van der Waals surface area contributed by atoms with E-state index in [1.807, 2.05) is 24.3 Å². The number of methoxy groups -OCH3 is 1. The van der Waals surface area contributed by atoms with E-state index in [0.717, 1.165) is 17.8 Å². The maximum atomic E-state index is 13.8. The predicted octanol–water partition coefficient (Wildman–Crippen LogP) is 4.19. The van der Waals surface area contributed by atoms with Crippen molar-refractivity contribution in [3.8, 4) is 11.8 Å². The number of allylic oxidation sites excluding steroid dienone is 4. The number of amides is 1. The molecule has 6 heteroatoms. The van der Waals surface area contributed by atoms with Gasteiger partial charge in [-0.2, -0.15) is 0 Å². The van der Waals surface area contributed by atoms with Crippen molar-refractivity contribution in [2.75, 3.05) is 7.11 Å². The van der Waals surface area contributed by atoms with Gasteiger partial charge in [0.25, 0.3) is 0 Å². The van der Waals surface area contributed by atoms with E-state index in [1.54, 1.807) is 43.5 Å². The highest BCUT2D eigenvalue weighted by molar-refractivity contribution is 5.71. The van der Waals surface area contributed by atoms with Gasteiger partial charge in [-0.25, -0.2) is 14.2 Å². The van der Waals surface area contributed by atoms with Gasteiger partial charge in [0.05, 0.1) is 18.4 Å². The van der Waals surface area contributed by atoms with Crippen LogP contribution < -0.4 is 5.32 Å². The number of nitrogens with zero attached hydrogens (tertiary/aromatic N) is 1. The van der Waals surface area contributed by atoms with Gasteiger partial charge in [-0.3, -0.25) is 0 Å². The molecule has 4 rings (SSSR count). The van der Waals surface area contributed by atoms with Gasteiger partial charge in [-0.1, -0.05) is 30.2 Å². The van der Waals surface area contributed by atoms with Gasteiger partial charge >= 0.3 is 6.09 Å². The van der Waals surface area contributed by atoms with Crippen molar-refractivity contribution in [1.82, 2.24) is 10.3 Å². The summed E-state index contributed by atoms with van der Waals surface area (Å²) in [5.74, 6) is 6.04. The molecule has 1 fully saturated rings. The first-order valence-corrected chi connectivity index (χ1v) is 9.46. The van der Waals surface area contributed by atoms with Crippen molar-refractivity contribution in [2.45, 2.75) is 18.6 Å². The molecule has 2 heterocycles. The number of ether oxygens (including phenoxy) is 2. The fourth-order valence-corrected chi connectivity index (χ4v) is 3.25. The van der Waals surface area contributed by atoms with Crippen LogP contribution in [0.15, 0.2) is 78.1 Å². The lowest BCUT2D eigenvalue weighted by molar-refractivity contribution is 0.153. The smallest absolute Gasteiger partial charge is 0.408 e. The van der Waals surface area contributed by atoms with Gasteiger partial charge < -0.3 is 14.8 Å². The Labute approximate surface area is 173 Å². The minimum atomic E-state index is -0.518. The number of benzene rings is 1. The number of cyclic esters (lactones) is 1. The van der Waals surface area contributed by atoms with Crippen molar-refractivity contribution in [3.05, 3.63) is 101 Å². The Morgan fingerprint density at radius 1 is 1.23 bits per heavy atom.